The van der Waals surface area contributed by atoms with E-state index in [4.69, 9.17) is 8.92 Å². The maximum atomic E-state index is 5.83. The Morgan fingerprint density at radius 1 is 1.16 bits per heavy atom. The van der Waals surface area contributed by atoms with E-state index in [2.05, 4.69) is 73.5 Å². The Hall–Kier alpha value is -2.63. The van der Waals surface area contributed by atoms with Gasteiger partial charge in [0.25, 0.3) is 0 Å². The summed E-state index contributed by atoms with van der Waals surface area (Å²) < 4.78 is 15.4. The van der Waals surface area contributed by atoms with E-state index >= 15 is 0 Å². The molecule has 0 saturated carbocycles. The van der Waals surface area contributed by atoms with Crippen LogP contribution < -0.4 is 9.04 Å². The van der Waals surface area contributed by atoms with Crippen LogP contribution in [0.15, 0.2) is 61.2 Å². The number of ether oxygens (including phenoxy) is 1. The molecule has 0 radical (unpaired) electrons. The topological polar surface area (TPSA) is 26.6 Å². The monoisotopic (exact) mass is 450 g/mol. The minimum absolute atomic E-state index is 0.433. The van der Waals surface area contributed by atoms with Gasteiger partial charge in [-0.15, -0.1) is 0 Å². The van der Waals surface area contributed by atoms with Crippen molar-refractivity contribution < 1.29 is 8.92 Å². The summed E-state index contributed by atoms with van der Waals surface area (Å²) in [6.07, 6.45) is 7.13. The number of anilines is 1. The molecular formula is C27H34N2O2S. The molecule has 3 aromatic rings. The van der Waals surface area contributed by atoms with Gasteiger partial charge in [-0.2, -0.15) is 0 Å². The molecule has 170 valence electrons. The molecule has 0 bridgehead atoms. The Labute approximate surface area is 196 Å². The molecule has 3 rings (SSSR count). The molecule has 2 aromatic carbocycles. The molecule has 0 aliphatic heterocycles. The standard InChI is InChI=1S/C27H34N2O2S/c1-7-10-11-26-27(20(4)8-2)24-18-23(31-9-3)16-17-25(24)29(26)19-21-12-14-22(15-13-21)28(5)32-30-6/h7,10-18,20H,1,8-9,19H2,2-6H3/b11-10-. The maximum Gasteiger partial charge on any atom is 0.120 e. The highest BCUT2D eigenvalue weighted by atomic mass is 32.2. The van der Waals surface area contributed by atoms with Crippen molar-refractivity contribution >= 4 is 34.9 Å². The van der Waals surface area contributed by atoms with Crippen molar-refractivity contribution in [1.29, 1.82) is 0 Å². The molecular weight excluding hydrogens is 416 g/mol. The van der Waals surface area contributed by atoms with Crippen LogP contribution in [0.1, 0.15) is 49.9 Å². The van der Waals surface area contributed by atoms with Gasteiger partial charge in [-0.1, -0.05) is 44.7 Å². The lowest BCUT2D eigenvalue weighted by molar-refractivity contribution is 0.340. The van der Waals surface area contributed by atoms with Crippen LogP contribution in [-0.4, -0.2) is 25.3 Å². The Bertz CT molecular complexity index is 1070. The second kappa shape index (κ2) is 11.3. The van der Waals surface area contributed by atoms with Crippen molar-refractivity contribution in [2.75, 3.05) is 25.1 Å². The molecule has 0 fully saturated rings. The van der Waals surface area contributed by atoms with Crippen molar-refractivity contribution in [3.63, 3.8) is 0 Å². The first-order valence-electron chi connectivity index (χ1n) is 11.1. The average Bonchev–Trinajstić information content (AvgIpc) is 3.10. The summed E-state index contributed by atoms with van der Waals surface area (Å²) in [5.74, 6) is 1.35. The summed E-state index contributed by atoms with van der Waals surface area (Å²) in [6, 6.07) is 15.1. The summed E-state index contributed by atoms with van der Waals surface area (Å²) in [5.41, 5.74) is 6.18. The van der Waals surface area contributed by atoms with Gasteiger partial charge in [0.15, 0.2) is 0 Å². The van der Waals surface area contributed by atoms with Crippen molar-refractivity contribution in [2.45, 2.75) is 39.7 Å². The number of fused-ring (bicyclic) bond motifs is 1. The predicted octanol–water partition coefficient (Wildman–Crippen LogP) is 7.45. The molecule has 32 heavy (non-hydrogen) atoms. The molecule has 1 aromatic heterocycles. The highest BCUT2D eigenvalue weighted by molar-refractivity contribution is 7.96. The molecule has 1 heterocycles. The van der Waals surface area contributed by atoms with Crippen LogP contribution in [0.3, 0.4) is 0 Å². The number of benzene rings is 2. The highest BCUT2D eigenvalue weighted by Gasteiger charge is 2.20. The smallest absolute Gasteiger partial charge is 0.120 e. The molecule has 0 amide bonds. The fourth-order valence-electron chi connectivity index (χ4n) is 4.02. The van der Waals surface area contributed by atoms with Crippen LogP contribution in [0.5, 0.6) is 5.75 Å². The van der Waals surface area contributed by atoms with Crippen molar-refractivity contribution in [1.82, 2.24) is 4.57 Å². The molecule has 0 aliphatic carbocycles. The summed E-state index contributed by atoms with van der Waals surface area (Å²) >= 11 is 1.32. The quantitative estimate of drug-likeness (QED) is 0.172. The SMILES string of the molecule is C=C/C=C\c1c(C(C)CC)c2cc(OCC)ccc2n1Cc1ccc(N(C)SOC)cc1. The molecule has 5 heteroatoms. The van der Waals surface area contributed by atoms with E-state index < -0.39 is 0 Å². The van der Waals surface area contributed by atoms with Gasteiger partial charge in [-0.25, -0.2) is 0 Å². The number of hydrogen-bond acceptors (Lipinski definition) is 4. The number of aromatic nitrogens is 1. The maximum absolute atomic E-state index is 5.83. The third-order valence-electron chi connectivity index (χ3n) is 5.75. The Kier molecular flexibility index (Phi) is 8.48. The van der Waals surface area contributed by atoms with Gasteiger partial charge in [-0.3, -0.25) is 4.31 Å². The summed E-state index contributed by atoms with van der Waals surface area (Å²) in [7, 11) is 3.67. The molecule has 1 unspecified atom stereocenters. The van der Waals surface area contributed by atoms with Gasteiger partial charge in [0.05, 0.1) is 13.7 Å². The summed E-state index contributed by atoms with van der Waals surface area (Å²) in [4.78, 5) is 0. The zero-order valence-electron chi connectivity index (χ0n) is 19.8. The lowest BCUT2D eigenvalue weighted by Gasteiger charge is -2.16. The fourth-order valence-corrected chi connectivity index (χ4v) is 4.45. The van der Waals surface area contributed by atoms with Gasteiger partial charge < -0.3 is 13.5 Å². The van der Waals surface area contributed by atoms with E-state index in [1.165, 1.54) is 40.0 Å². The van der Waals surface area contributed by atoms with Crippen LogP contribution >= 0.6 is 12.2 Å². The third-order valence-corrected chi connectivity index (χ3v) is 6.33. The first-order chi connectivity index (χ1) is 15.5. The number of rotatable bonds is 11. The zero-order valence-corrected chi connectivity index (χ0v) is 20.6. The lowest BCUT2D eigenvalue weighted by Crippen LogP contribution is -2.07. The van der Waals surface area contributed by atoms with E-state index in [1.807, 2.05) is 30.4 Å². The van der Waals surface area contributed by atoms with Crippen molar-refractivity contribution in [3.8, 4) is 5.75 Å². The number of nitrogens with zero attached hydrogens (tertiary/aromatic N) is 2. The molecule has 0 spiro atoms. The van der Waals surface area contributed by atoms with Crippen LogP contribution in [-0.2, 0) is 10.7 Å². The predicted molar refractivity (Wildman–Crippen MR) is 140 cm³/mol. The van der Waals surface area contributed by atoms with E-state index in [0.29, 0.717) is 12.5 Å². The van der Waals surface area contributed by atoms with Gasteiger partial charge in [0, 0.05) is 35.9 Å². The minimum Gasteiger partial charge on any atom is -0.494 e. The zero-order chi connectivity index (χ0) is 23.1. The van der Waals surface area contributed by atoms with Gasteiger partial charge in [0.2, 0.25) is 0 Å². The third kappa shape index (κ3) is 5.22. The summed E-state index contributed by atoms with van der Waals surface area (Å²) in [5, 5.41) is 1.27. The van der Waals surface area contributed by atoms with E-state index in [1.54, 1.807) is 7.11 Å². The van der Waals surface area contributed by atoms with E-state index in [-0.39, 0.29) is 0 Å². The molecule has 0 aliphatic rings. The summed E-state index contributed by atoms with van der Waals surface area (Å²) in [6.45, 7) is 11.9. The Morgan fingerprint density at radius 3 is 2.53 bits per heavy atom. The van der Waals surface area contributed by atoms with Gasteiger partial charge in [0.1, 0.15) is 18.0 Å². The Morgan fingerprint density at radius 2 is 1.91 bits per heavy atom. The van der Waals surface area contributed by atoms with E-state index in [0.717, 1.165) is 24.4 Å². The number of hydrogen-bond donors (Lipinski definition) is 0. The van der Waals surface area contributed by atoms with Crippen LogP contribution in [0.2, 0.25) is 0 Å². The van der Waals surface area contributed by atoms with Gasteiger partial charge in [-0.05, 0) is 66.8 Å². The molecule has 0 N–H and O–H groups in total. The molecule has 4 nitrogen and oxygen atoms in total. The first-order valence-corrected chi connectivity index (χ1v) is 11.8. The highest BCUT2D eigenvalue weighted by Crippen LogP contribution is 2.37. The minimum atomic E-state index is 0.433. The van der Waals surface area contributed by atoms with Crippen LogP contribution in [0.25, 0.3) is 17.0 Å². The Balaban J connectivity index is 2.11. The first kappa shape index (κ1) is 24.0. The van der Waals surface area contributed by atoms with Crippen LogP contribution in [0.4, 0.5) is 5.69 Å². The lowest BCUT2D eigenvalue weighted by atomic mass is 9.95. The van der Waals surface area contributed by atoms with Gasteiger partial charge >= 0.3 is 0 Å². The average molecular weight is 451 g/mol. The van der Waals surface area contributed by atoms with Crippen molar-refractivity contribution in [2.24, 2.45) is 0 Å². The molecule has 0 saturated heterocycles. The number of allylic oxidation sites excluding steroid dienone is 2. The van der Waals surface area contributed by atoms with E-state index in [9.17, 15) is 0 Å². The normalized spacial score (nSPS) is 12.4. The van der Waals surface area contributed by atoms with Crippen LogP contribution in [0, 0.1) is 0 Å². The second-order valence-corrected chi connectivity index (χ2v) is 8.84. The largest absolute Gasteiger partial charge is 0.494 e. The second-order valence-electron chi connectivity index (χ2n) is 7.81. The van der Waals surface area contributed by atoms with Crippen molar-refractivity contribution in [3.05, 3.63) is 78.0 Å². The fraction of sp³-hybridized carbons (Fsp3) is 0.333. The molecule has 1 atom stereocenters.